The quantitative estimate of drug-likeness (QED) is 0.445. The van der Waals surface area contributed by atoms with Crippen molar-refractivity contribution in [1.29, 1.82) is 0 Å². The molecule has 1 aromatic carbocycles. The summed E-state index contributed by atoms with van der Waals surface area (Å²) in [6.07, 6.45) is 3.65. The van der Waals surface area contributed by atoms with Gasteiger partial charge in [-0.2, -0.15) is 4.68 Å². The van der Waals surface area contributed by atoms with E-state index in [9.17, 15) is 9.18 Å². The summed E-state index contributed by atoms with van der Waals surface area (Å²) in [7, 11) is 0. The number of H-pyrrole nitrogens is 1. The number of nitrogens with two attached hydrogens (primary N) is 1. The molecular formula is C25H29FN7O+. The highest BCUT2D eigenvalue weighted by molar-refractivity contribution is 5.88. The van der Waals surface area contributed by atoms with E-state index in [-0.39, 0.29) is 17.5 Å². The summed E-state index contributed by atoms with van der Waals surface area (Å²) in [5.41, 5.74) is 11.2. The number of likely N-dealkylation sites (tertiary alicyclic amines) is 1. The molecule has 34 heavy (non-hydrogen) atoms. The van der Waals surface area contributed by atoms with Gasteiger partial charge in [-0.05, 0) is 81.7 Å². The van der Waals surface area contributed by atoms with E-state index in [1.54, 1.807) is 16.8 Å². The van der Waals surface area contributed by atoms with Crippen LogP contribution < -0.4 is 15.8 Å². The van der Waals surface area contributed by atoms with Crippen LogP contribution in [0.1, 0.15) is 30.7 Å². The summed E-state index contributed by atoms with van der Waals surface area (Å²) in [6, 6.07) is 10.0. The predicted octanol–water partition coefficient (Wildman–Crippen LogP) is 2.86. The van der Waals surface area contributed by atoms with Gasteiger partial charge in [0.15, 0.2) is 0 Å². The summed E-state index contributed by atoms with van der Waals surface area (Å²) >= 11 is 0. The number of halogens is 1. The van der Waals surface area contributed by atoms with Crippen LogP contribution in [-0.2, 0) is 6.54 Å². The average Bonchev–Trinajstić information content (AvgIpc) is 3.14. The first-order chi connectivity index (χ1) is 16.4. The largest absolute Gasteiger partial charge is 0.428 e. The second kappa shape index (κ2) is 8.98. The van der Waals surface area contributed by atoms with Gasteiger partial charge in [0, 0.05) is 23.5 Å². The number of nitrogen functional groups attached to an aromatic ring is 1. The number of nitrogens with one attached hydrogen (secondary N) is 1. The second-order valence-corrected chi connectivity index (χ2v) is 8.97. The van der Waals surface area contributed by atoms with Crippen LogP contribution in [-0.4, -0.2) is 44.3 Å². The van der Waals surface area contributed by atoms with Crippen molar-refractivity contribution in [3.05, 3.63) is 64.1 Å². The number of anilines is 1. The van der Waals surface area contributed by atoms with E-state index in [0.29, 0.717) is 23.4 Å². The Hall–Kier alpha value is -3.59. The van der Waals surface area contributed by atoms with Gasteiger partial charge < -0.3 is 10.6 Å². The fourth-order valence-corrected chi connectivity index (χ4v) is 4.80. The molecule has 4 aromatic rings. The number of benzene rings is 1. The van der Waals surface area contributed by atoms with Gasteiger partial charge in [-0.25, -0.2) is 14.3 Å². The molecule has 4 heterocycles. The maximum atomic E-state index is 13.6. The predicted molar refractivity (Wildman–Crippen MR) is 129 cm³/mol. The Morgan fingerprint density at radius 3 is 2.35 bits per heavy atom. The lowest BCUT2D eigenvalue weighted by Gasteiger charge is -2.25. The number of aryl methyl sites for hydroxylation is 2. The number of hydrogen-bond acceptors (Lipinski definition) is 5. The first-order valence-electron chi connectivity index (χ1n) is 11.7. The monoisotopic (exact) mass is 462 g/mol. The van der Waals surface area contributed by atoms with Crippen LogP contribution >= 0.6 is 0 Å². The van der Waals surface area contributed by atoms with Crippen LogP contribution in [0.4, 0.5) is 10.3 Å². The van der Waals surface area contributed by atoms with Gasteiger partial charge in [-0.1, -0.05) is 6.42 Å². The van der Waals surface area contributed by atoms with Crippen LogP contribution in [0.2, 0.25) is 0 Å². The lowest BCUT2D eigenvalue weighted by Crippen LogP contribution is -2.45. The summed E-state index contributed by atoms with van der Waals surface area (Å²) in [6.45, 7) is 7.28. The highest BCUT2D eigenvalue weighted by Crippen LogP contribution is 2.33. The molecule has 0 unspecified atom stereocenters. The number of aromatic nitrogens is 5. The fourth-order valence-electron chi connectivity index (χ4n) is 4.80. The summed E-state index contributed by atoms with van der Waals surface area (Å²) in [4.78, 5) is 24.8. The Balaban J connectivity index is 1.70. The first kappa shape index (κ1) is 22.2. The smallest absolute Gasteiger partial charge is 0.319 e. The molecule has 0 radical (unpaired) electrons. The third-order valence-electron chi connectivity index (χ3n) is 6.39. The van der Waals surface area contributed by atoms with E-state index >= 15 is 0 Å². The SMILES string of the molecule is Cc1cc(-c2c(-c3ccc(F)cc3)nc(N)[n+]3c(=O)n(CCN4CCCCC4)[nH]c23)cc(C)n1. The molecule has 0 aliphatic carbocycles. The lowest BCUT2D eigenvalue weighted by molar-refractivity contribution is -0.516. The molecule has 0 saturated carbocycles. The molecule has 9 heteroatoms. The van der Waals surface area contributed by atoms with Crippen molar-refractivity contribution in [2.45, 2.75) is 39.7 Å². The number of fused-ring (bicyclic) bond motifs is 1. The van der Waals surface area contributed by atoms with E-state index in [1.165, 1.54) is 35.8 Å². The van der Waals surface area contributed by atoms with Crippen LogP contribution in [0, 0.1) is 19.7 Å². The zero-order valence-electron chi connectivity index (χ0n) is 19.5. The molecule has 1 saturated heterocycles. The molecule has 0 amide bonds. The van der Waals surface area contributed by atoms with Crippen molar-refractivity contribution in [3.63, 3.8) is 0 Å². The molecule has 0 bridgehead atoms. The Labute approximate surface area is 196 Å². The summed E-state index contributed by atoms with van der Waals surface area (Å²) in [5.74, 6) is -0.250. The summed E-state index contributed by atoms with van der Waals surface area (Å²) in [5, 5.41) is 3.30. The van der Waals surface area contributed by atoms with Crippen LogP contribution in [0.15, 0.2) is 41.2 Å². The number of aromatic amines is 1. The van der Waals surface area contributed by atoms with Crippen molar-refractivity contribution in [2.24, 2.45) is 0 Å². The minimum absolute atomic E-state index is 0.0820. The van der Waals surface area contributed by atoms with Crippen molar-refractivity contribution in [3.8, 4) is 22.4 Å². The molecule has 176 valence electrons. The zero-order valence-corrected chi connectivity index (χ0v) is 19.5. The van der Waals surface area contributed by atoms with Crippen molar-refractivity contribution in [1.82, 2.24) is 24.6 Å². The van der Waals surface area contributed by atoms with Crippen LogP contribution in [0.5, 0.6) is 0 Å². The minimum Gasteiger partial charge on any atom is -0.319 e. The number of rotatable bonds is 5. The van der Waals surface area contributed by atoms with E-state index in [2.05, 4.69) is 20.0 Å². The molecule has 8 nitrogen and oxygen atoms in total. The van der Waals surface area contributed by atoms with Gasteiger partial charge in [-0.15, -0.1) is 9.38 Å². The summed E-state index contributed by atoms with van der Waals surface area (Å²) < 4.78 is 16.7. The Kier molecular flexibility index (Phi) is 5.87. The maximum Gasteiger partial charge on any atom is 0.428 e. The Bertz CT molecular complexity index is 1380. The number of pyridine rings is 1. The number of piperidine rings is 1. The van der Waals surface area contributed by atoms with Gasteiger partial charge in [-0.3, -0.25) is 4.98 Å². The molecule has 1 aliphatic rings. The van der Waals surface area contributed by atoms with E-state index in [0.717, 1.165) is 42.1 Å². The standard InChI is InChI=1S/C25H28FN7O/c1-16-14-19(15-17(2)28-16)21-22(18-6-8-20(26)9-7-18)29-24(27)33-23(21)30-32(25(33)34)13-12-31-10-4-3-5-11-31/h6-9,14-15H,3-5,10-13H2,1-2H3,(H2,27,28,29,30)/p+1. The third kappa shape index (κ3) is 4.19. The fraction of sp³-hybridized carbons (Fsp3) is 0.360. The normalized spacial score (nSPS) is 14.7. The van der Waals surface area contributed by atoms with Crippen molar-refractivity contribution in [2.75, 3.05) is 25.4 Å². The van der Waals surface area contributed by atoms with Gasteiger partial charge in [0.2, 0.25) is 5.65 Å². The number of hydrogen-bond donors (Lipinski definition) is 2. The molecule has 0 atom stereocenters. The average molecular weight is 463 g/mol. The van der Waals surface area contributed by atoms with Crippen molar-refractivity contribution >= 4 is 11.6 Å². The van der Waals surface area contributed by atoms with Gasteiger partial charge in [0.05, 0.1) is 12.1 Å². The Morgan fingerprint density at radius 1 is 1.00 bits per heavy atom. The molecule has 0 spiro atoms. The maximum absolute atomic E-state index is 13.6. The lowest BCUT2D eigenvalue weighted by atomic mass is 9.99. The molecule has 1 fully saturated rings. The van der Waals surface area contributed by atoms with Crippen LogP contribution in [0.3, 0.4) is 0 Å². The van der Waals surface area contributed by atoms with E-state index < -0.39 is 0 Å². The molecular weight excluding hydrogens is 433 g/mol. The van der Waals surface area contributed by atoms with Gasteiger partial charge >= 0.3 is 11.6 Å². The van der Waals surface area contributed by atoms with Gasteiger partial charge in [0.25, 0.3) is 0 Å². The highest BCUT2D eigenvalue weighted by Gasteiger charge is 2.26. The number of nitrogens with zero attached hydrogens (tertiary/aromatic N) is 5. The second-order valence-electron chi connectivity index (χ2n) is 8.97. The first-order valence-corrected chi connectivity index (χ1v) is 11.7. The topological polar surface area (TPSA) is 96.9 Å². The van der Waals surface area contributed by atoms with Crippen molar-refractivity contribution < 1.29 is 8.79 Å². The van der Waals surface area contributed by atoms with E-state index in [1.807, 2.05) is 26.0 Å². The van der Waals surface area contributed by atoms with Gasteiger partial charge in [0.1, 0.15) is 11.5 Å². The minimum atomic E-state index is -0.332. The zero-order chi connectivity index (χ0) is 23.8. The molecule has 5 rings (SSSR count). The van der Waals surface area contributed by atoms with E-state index in [4.69, 9.17) is 5.73 Å². The Morgan fingerprint density at radius 2 is 1.68 bits per heavy atom. The molecule has 3 N–H and O–H groups in total. The molecule has 1 aliphatic heterocycles. The van der Waals surface area contributed by atoms with Crippen LogP contribution in [0.25, 0.3) is 28.0 Å². The highest BCUT2D eigenvalue weighted by atomic mass is 19.1. The third-order valence-corrected chi connectivity index (χ3v) is 6.39. The molecule has 3 aromatic heterocycles.